The van der Waals surface area contributed by atoms with Crippen LogP contribution >= 0.6 is 22.6 Å². The molecule has 0 amide bonds. The SMILES string of the molecule is C#CC(I)[N+](C)(C)CCCCCCCCCCCC.[Cl-]. The van der Waals surface area contributed by atoms with Gasteiger partial charge in [0.05, 0.1) is 20.6 Å². The van der Waals surface area contributed by atoms with Crippen molar-refractivity contribution in [2.24, 2.45) is 0 Å². The first-order chi connectivity index (χ1) is 9.04. The van der Waals surface area contributed by atoms with Crippen LogP contribution in [0.15, 0.2) is 0 Å². The van der Waals surface area contributed by atoms with Crippen LogP contribution in [-0.2, 0) is 0 Å². The van der Waals surface area contributed by atoms with Crippen LogP contribution in [0.5, 0.6) is 0 Å². The molecule has 0 radical (unpaired) electrons. The van der Waals surface area contributed by atoms with Crippen LogP contribution in [0.1, 0.15) is 71.1 Å². The Kier molecular flexibility index (Phi) is 16.5. The van der Waals surface area contributed by atoms with E-state index in [4.69, 9.17) is 6.42 Å². The minimum Gasteiger partial charge on any atom is -1.00 e. The molecular formula is C17H33ClIN. The second-order valence-corrected chi connectivity index (χ2v) is 7.37. The molecule has 0 aromatic carbocycles. The monoisotopic (exact) mass is 413 g/mol. The second kappa shape index (κ2) is 14.5. The molecule has 0 aliphatic heterocycles. The molecule has 0 N–H and O–H groups in total. The zero-order chi connectivity index (χ0) is 14.6. The van der Waals surface area contributed by atoms with Crippen molar-refractivity contribution in [1.82, 2.24) is 0 Å². The van der Waals surface area contributed by atoms with Gasteiger partial charge >= 0.3 is 0 Å². The fourth-order valence-corrected chi connectivity index (χ4v) is 2.60. The maximum atomic E-state index is 5.50. The van der Waals surface area contributed by atoms with Gasteiger partial charge in [0.25, 0.3) is 0 Å². The van der Waals surface area contributed by atoms with Gasteiger partial charge in [-0.3, -0.25) is 0 Å². The van der Waals surface area contributed by atoms with Crippen molar-refractivity contribution >= 4 is 22.6 Å². The number of halogens is 2. The van der Waals surface area contributed by atoms with Crippen molar-refractivity contribution in [2.75, 3.05) is 20.6 Å². The standard InChI is InChI=1S/C17H33IN.ClH/c1-5-7-8-9-10-11-12-13-14-15-16-19(3,4)17(18)6-2;/h2,17H,5,7-16H2,1,3-4H3;1H/q+1;/p-1. The van der Waals surface area contributed by atoms with Crippen molar-refractivity contribution in [3.63, 3.8) is 0 Å². The number of nitrogens with zero attached hydrogens (tertiary/aromatic N) is 1. The van der Waals surface area contributed by atoms with Gasteiger partial charge in [0.15, 0.2) is 4.05 Å². The van der Waals surface area contributed by atoms with Crippen LogP contribution in [-0.4, -0.2) is 29.2 Å². The predicted molar refractivity (Wildman–Crippen MR) is 95.5 cm³/mol. The smallest absolute Gasteiger partial charge is 0.200 e. The highest BCUT2D eigenvalue weighted by Gasteiger charge is 2.22. The van der Waals surface area contributed by atoms with Gasteiger partial charge in [-0.15, -0.1) is 6.42 Å². The largest absolute Gasteiger partial charge is 1.00 e. The van der Waals surface area contributed by atoms with Crippen LogP contribution in [0.2, 0.25) is 0 Å². The van der Waals surface area contributed by atoms with Crippen LogP contribution in [0, 0.1) is 12.3 Å². The Morgan fingerprint density at radius 3 is 1.70 bits per heavy atom. The molecule has 0 heterocycles. The summed E-state index contributed by atoms with van der Waals surface area (Å²) in [6, 6.07) is 0. The average molecular weight is 414 g/mol. The summed E-state index contributed by atoms with van der Waals surface area (Å²) in [7, 11) is 4.48. The van der Waals surface area contributed by atoms with Crippen molar-refractivity contribution in [3.8, 4) is 12.3 Å². The molecule has 0 saturated heterocycles. The summed E-state index contributed by atoms with van der Waals surface area (Å²) in [5, 5.41) is 0. The summed E-state index contributed by atoms with van der Waals surface area (Å²) < 4.78 is 1.25. The van der Waals surface area contributed by atoms with E-state index in [0.29, 0.717) is 4.05 Å². The van der Waals surface area contributed by atoms with Gasteiger partial charge in [0.1, 0.15) is 0 Å². The molecule has 0 fully saturated rings. The first-order valence-electron chi connectivity index (χ1n) is 7.97. The van der Waals surface area contributed by atoms with Gasteiger partial charge in [-0.2, -0.15) is 0 Å². The third-order valence-electron chi connectivity index (χ3n) is 3.84. The van der Waals surface area contributed by atoms with E-state index in [1.807, 2.05) is 0 Å². The van der Waals surface area contributed by atoms with Crippen LogP contribution in [0.25, 0.3) is 0 Å². The number of alkyl halides is 1. The molecule has 0 bridgehead atoms. The van der Waals surface area contributed by atoms with E-state index in [1.54, 1.807) is 0 Å². The molecule has 0 spiro atoms. The topological polar surface area (TPSA) is 0 Å². The lowest BCUT2D eigenvalue weighted by Gasteiger charge is -2.32. The van der Waals surface area contributed by atoms with Crippen LogP contribution < -0.4 is 12.4 Å². The van der Waals surface area contributed by atoms with Crippen LogP contribution in [0.4, 0.5) is 0 Å². The van der Waals surface area contributed by atoms with Crippen LogP contribution in [0.3, 0.4) is 0 Å². The van der Waals surface area contributed by atoms with Gasteiger partial charge < -0.3 is 16.9 Å². The zero-order valence-corrected chi connectivity index (χ0v) is 16.5. The first-order valence-corrected chi connectivity index (χ1v) is 9.22. The lowest BCUT2D eigenvalue weighted by Crippen LogP contribution is -3.00. The predicted octanol–water partition coefficient (Wildman–Crippen LogP) is 2.38. The first kappa shape index (κ1) is 22.8. The molecule has 1 atom stereocenters. The number of rotatable bonds is 12. The van der Waals surface area contributed by atoms with E-state index in [-0.39, 0.29) is 12.4 Å². The van der Waals surface area contributed by atoms with Gasteiger partial charge in [-0.05, 0) is 18.8 Å². The molecule has 0 rings (SSSR count). The van der Waals surface area contributed by atoms with E-state index in [1.165, 1.54) is 70.8 Å². The summed E-state index contributed by atoms with van der Waals surface area (Å²) >= 11 is 2.37. The Bertz CT molecular complexity index is 248. The molecule has 3 heteroatoms. The Labute approximate surface area is 147 Å². The minimum atomic E-state index is 0. The number of terminal acetylenes is 1. The molecule has 0 aromatic heterocycles. The lowest BCUT2D eigenvalue weighted by molar-refractivity contribution is -0.889. The highest BCUT2D eigenvalue weighted by molar-refractivity contribution is 14.1. The maximum absolute atomic E-state index is 5.50. The van der Waals surface area contributed by atoms with Crippen molar-refractivity contribution in [2.45, 2.75) is 75.2 Å². The molecular weight excluding hydrogens is 381 g/mol. The highest BCUT2D eigenvalue weighted by Crippen LogP contribution is 2.16. The normalized spacial score (nSPS) is 12.6. The quantitative estimate of drug-likeness (QED) is 0.115. The number of hydrogen-bond acceptors (Lipinski definition) is 0. The van der Waals surface area contributed by atoms with Crippen molar-refractivity contribution < 1.29 is 16.9 Å². The third kappa shape index (κ3) is 12.3. The Morgan fingerprint density at radius 1 is 0.900 bits per heavy atom. The highest BCUT2D eigenvalue weighted by atomic mass is 127. The summed E-state index contributed by atoms with van der Waals surface area (Å²) in [4.78, 5) is 0. The molecule has 0 aliphatic carbocycles. The van der Waals surface area contributed by atoms with Gasteiger partial charge in [0, 0.05) is 22.6 Å². The van der Waals surface area contributed by atoms with Gasteiger partial charge in [-0.1, -0.05) is 58.3 Å². The number of unbranched alkanes of at least 4 members (excludes halogenated alkanes) is 9. The summed E-state index contributed by atoms with van der Waals surface area (Å²) in [6.07, 6.45) is 19.5. The lowest BCUT2D eigenvalue weighted by atomic mass is 10.1. The summed E-state index contributed by atoms with van der Waals surface area (Å²) in [5.41, 5.74) is 0. The van der Waals surface area contributed by atoms with E-state index in [9.17, 15) is 0 Å². The van der Waals surface area contributed by atoms with E-state index >= 15 is 0 Å². The molecule has 120 valence electrons. The molecule has 1 unspecified atom stereocenters. The maximum Gasteiger partial charge on any atom is 0.200 e. The Hall–Kier alpha value is 0.540. The van der Waals surface area contributed by atoms with E-state index in [2.05, 4.69) is 49.5 Å². The third-order valence-corrected chi connectivity index (χ3v) is 5.71. The molecule has 0 saturated carbocycles. The average Bonchev–Trinajstić information content (AvgIpc) is 2.39. The fraction of sp³-hybridized carbons (Fsp3) is 0.882. The molecule has 20 heavy (non-hydrogen) atoms. The van der Waals surface area contributed by atoms with Gasteiger partial charge in [0.2, 0.25) is 0 Å². The molecule has 1 nitrogen and oxygen atoms in total. The van der Waals surface area contributed by atoms with Gasteiger partial charge in [-0.25, -0.2) is 0 Å². The molecule has 0 aliphatic rings. The Balaban J connectivity index is 0. The summed E-state index contributed by atoms with van der Waals surface area (Å²) in [6.45, 7) is 3.48. The number of quaternary nitrogens is 1. The number of hydrogen-bond donors (Lipinski definition) is 0. The molecule has 0 aromatic rings. The minimum absolute atomic E-state index is 0. The van der Waals surface area contributed by atoms with Crippen molar-refractivity contribution in [1.29, 1.82) is 0 Å². The fourth-order valence-electron chi connectivity index (χ4n) is 2.32. The summed E-state index contributed by atoms with van der Waals surface area (Å²) in [5.74, 6) is 2.85. The second-order valence-electron chi connectivity index (χ2n) is 6.19. The van der Waals surface area contributed by atoms with E-state index in [0.717, 1.165) is 4.48 Å². The zero-order valence-electron chi connectivity index (χ0n) is 13.6. The van der Waals surface area contributed by atoms with Crippen molar-refractivity contribution in [3.05, 3.63) is 0 Å². The Morgan fingerprint density at radius 2 is 1.30 bits per heavy atom. The van der Waals surface area contributed by atoms with E-state index < -0.39 is 0 Å².